The molecule has 0 fully saturated rings. The minimum atomic E-state index is 0.439. The molecule has 0 saturated carbocycles. The minimum absolute atomic E-state index is 0.439. The van der Waals surface area contributed by atoms with Crippen molar-refractivity contribution in [3.63, 3.8) is 0 Å². The van der Waals surface area contributed by atoms with Crippen LogP contribution in [0.1, 0.15) is 13.8 Å². The number of anilines is 1. The maximum absolute atomic E-state index is 5.72. The number of alkyl halides is 1. The maximum Gasteiger partial charge on any atom is 0.128 e. The van der Waals surface area contributed by atoms with E-state index in [1.807, 2.05) is 18.2 Å². The first-order chi connectivity index (χ1) is 6.25. The van der Waals surface area contributed by atoms with Gasteiger partial charge in [-0.05, 0) is 26.0 Å². The van der Waals surface area contributed by atoms with Crippen molar-refractivity contribution >= 4 is 17.4 Å². The van der Waals surface area contributed by atoms with E-state index in [2.05, 4.69) is 23.7 Å². The lowest BCUT2D eigenvalue weighted by atomic mass is 10.3. The van der Waals surface area contributed by atoms with E-state index in [1.54, 1.807) is 6.20 Å². The van der Waals surface area contributed by atoms with Gasteiger partial charge in [0.25, 0.3) is 0 Å². The van der Waals surface area contributed by atoms with E-state index in [0.29, 0.717) is 11.9 Å². The summed E-state index contributed by atoms with van der Waals surface area (Å²) in [5, 5.41) is 0. The fraction of sp³-hybridized carbons (Fsp3) is 0.500. The van der Waals surface area contributed by atoms with Crippen LogP contribution in [-0.4, -0.2) is 23.5 Å². The van der Waals surface area contributed by atoms with E-state index in [4.69, 9.17) is 11.6 Å². The topological polar surface area (TPSA) is 16.1 Å². The number of hydrogen-bond acceptors (Lipinski definition) is 2. The number of halogens is 1. The highest BCUT2D eigenvalue weighted by atomic mass is 35.5. The molecule has 0 amide bonds. The van der Waals surface area contributed by atoms with Crippen molar-refractivity contribution < 1.29 is 0 Å². The fourth-order valence-electron chi connectivity index (χ4n) is 1.25. The molecule has 13 heavy (non-hydrogen) atoms. The molecular weight excluding hydrogens is 184 g/mol. The van der Waals surface area contributed by atoms with Gasteiger partial charge in [0.2, 0.25) is 0 Å². The van der Waals surface area contributed by atoms with Crippen LogP contribution in [0.3, 0.4) is 0 Å². The normalized spacial score (nSPS) is 10.5. The molecule has 72 valence electrons. The molecule has 0 saturated heterocycles. The number of rotatable bonds is 4. The van der Waals surface area contributed by atoms with Crippen LogP contribution in [0.25, 0.3) is 0 Å². The van der Waals surface area contributed by atoms with Gasteiger partial charge in [0.1, 0.15) is 5.82 Å². The van der Waals surface area contributed by atoms with E-state index in [1.165, 1.54) is 0 Å². The van der Waals surface area contributed by atoms with Gasteiger partial charge in [0.15, 0.2) is 0 Å². The van der Waals surface area contributed by atoms with E-state index < -0.39 is 0 Å². The first-order valence-electron chi connectivity index (χ1n) is 4.49. The maximum atomic E-state index is 5.72. The molecule has 0 aliphatic carbocycles. The molecule has 3 heteroatoms. The average molecular weight is 199 g/mol. The van der Waals surface area contributed by atoms with Gasteiger partial charge >= 0.3 is 0 Å². The lowest BCUT2D eigenvalue weighted by Crippen LogP contribution is -2.33. The standard InChI is InChI=1S/C10H15ClN2/c1-9(2)13(8-6-11)10-5-3-4-7-12-10/h3-5,7,9H,6,8H2,1-2H3. The summed E-state index contributed by atoms with van der Waals surface area (Å²) in [7, 11) is 0. The summed E-state index contributed by atoms with van der Waals surface area (Å²) < 4.78 is 0. The Balaban J connectivity index is 2.76. The Labute approximate surface area is 84.5 Å². The van der Waals surface area contributed by atoms with E-state index in [9.17, 15) is 0 Å². The van der Waals surface area contributed by atoms with E-state index >= 15 is 0 Å². The van der Waals surface area contributed by atoms with Crippen LogP contribution >= 0.6 is 11.6 Å². The molecule has 0 unspecified atom stereocenters. The molecule has 0 aliphatic heterocycles. The van der Waals surface area contributed by atoms with Crippen LogP contribution in [-0.2, 0) is 0 Å². The van der Waals surface area contributed by atoms with Crippen LogP contribution in [0.2, 0.25) is 0 Å². The number of hydrogen-bond donors (Lipinski definition) is 0. The SMILES string of the molecule is CC(C)N(CCCl)c1ccccn1. The molecule has 1 rings (SSSR count). The van der Waals surface area contributed by atoms with E-state index in [-0.39, 0.29) is 0 Å². The van der Waals surface area contributed by atoms with Gasteiger partial charge in [0.05, 0.1) is 0 Å². The number of pyridine rings is 1. The highest BCUT2D eigenvalue weighted by Gasteiger charge is 2.09. The second kappa shape index (κ2) is 5.07. The van der Waals surface area contributed by atoms with Crippen LogP contribution in [0.4, 0.5) is 5.82 Å². The van der Waals surface area contributed by atoms with Gasteiger partial charge in [0, 0.05) is 24.7 Å². The van der Waals surface area contributed by atoms with E-state index in [0.717, 1.165) is 12.4 Å². The van der Waals surface area contributed by atoms with Crippen molar-refractivity contribution in [2.75, 3.05) is 17.3 Å². The molecule has 1 heterocycles. The third-order valence-electron chi connectivity index (χ3n) is 1.89. The molecule has 0 spiro atoms. The molecule has 0 N–H and O–H groups in total. The lowest BCUT2D eigenvalue weighted by Gasteiger charge is -2.26. The van der Waals surface area contributed by atoms with Crippen LogP contribution in [0.15, 0.2) is 24.4 Å². The molecule has 1 aromatic rings. The summed E-state index contributed by atoms with van der Waals surface area (Å²) in [4.78, 5) is 6.47. The van der Waals surface area contributed by atoms with Crippen molar-refractivity contribution in [1.82, 2.24) is 4.98 Å². The summed E-state index contributed by atoms with van der Waals surface area (Å²) in [6.45, 7) is 5.12. The van der Waals surface area contributed by atoms with Crippen molar-refractivity contribution in [3.8, 4) is 0 Å². The minimum Gasteiger partial charge on any atom is -0.353 e. The number of aromatic nitrogens is 1. The quantitative estimate of drug-likeness (QED) is 0.692. The van der Waals surface area contributed by atoms with Gasteiger partial charge in [-0.3, -0.25) is 0 Å². The van der Waals surface area contributed by atoms with Gasteiger partial charge in [-0.25, -0.2) is 4.98 Å². The van der Waals surface area contributed by atoms with Gasteiger partial charge in [-0.1, -0.05) is 6.07 Å². The number of nitrogens with zero attached hydrogens (tertiary/aromatic N) is 2. The Kier molecular flexibility index (Phi) is 4.03. The molecule has 0 atom stereocenters. The zero-order chi connectivity index (χ0) is 9.68. The first kappa shape index (κ1) is 10.3. The Hall–Kier alpha value is -0.760. The Morgan fingerprint density at radius 3 is 2.69 bits per heavy atom. The Morgan fingerprint density at radius 1 is 1.46 bits per heavy atom. The highest BCUT2D eigenvalue weighted by Crippen LogP contribution is 2.12. The van der Waals surface area contributed by atoms with Crippen molar-refractivity contribution in [1.29, 1.82) is 0 Å². The van der Waals surface area contributed by atoms with Crippen molar-refractivity contribution in [2.45, 2.75) is 19.9 Å². The lowest BCUT2D eigenvalue weighted by molar-refractivity contribution is 0.695. The average Bonchev–Trinajstić information content (AvgIpc) is 2.15. The van der Waals surface area contributed by atoms with Crippen molar-refractivity contribution in [3.05, 3.63) is 24.4 Å². The van der Waals surface area contributed by atoms with Gasteiger partial charge in [-0.2, -0.15) is 0 Å². The highest BCUT2D eigenvalue weighted by molar-refractivity contribution is 6.18. The second-order valence-corrected chi connectivity index (χ2v) is 3.54. The molecule has 0 aliphatic rings. The Bertz CT molecular complexity index is 236. The zero-order valence-corrected chi connectivity index (χ0v) is 8.83. The van der Waals surface area contributed by atoms with Gasteiger partial charge in [-0.15, -0.1) is 11.6 Å². The molecule has 2 nitrogen and oxygen atoms in total. The molecule has 0 radical (unpaired) electrons. The summed E-state index contributed by atoms with van der Waals surface area (Å²) in [6.07, 6.45) is 1.80. The smallest absolute Gasteiger partial charge is 0.128 e. The first-order valence-corrected chi connectivity index (χ1v) is 5.02. The summed E-state index contributed by atoms with van der Waals surface area (Å²) >= 11 is 5.72. The summed E-state index contributed by atoms with van der Waals surface area (Å²) in [5.41, 5.74) is 0. The molecular formula is C10H15ClN2. The van der Waals surface area contributed by atoms with Crippen LogP contribution in [0, 0.1) is 0 Å². The summed E-state index contributed by atoms with van der Waals surface area (Å²) in [6, 6.07) is 6.36. The molecule has 1 aromatic heterocycles. The molecule has 0 bridgehead atoms. The third kappa shape index (κ3) is 2.88. The molecule has 0 aromatic carbocycles. The third-order valence-corrected chi connectivity index (χ3v) is 2.06. The summed E-state index contributed by atoms with van der Waals surface area (Å²) in [5.74, 6) is 1.63. The predicted molar refractivity (Wildman–Crippen MR) is 57.4 cm³/mol. The van der Waals surface area contributed by atoms with Gasteiger partial charge < -0.3 is 4.90 Å². The fourth-order valence-corrected chi connectivity index (χ4v) is 1.43. The second-order valence-electron chi connectivity index (χ2n) is 3.16. The largest absolute Gasteiger partial charge is 0.353 e. The zero-order valence-electron chi connectivity index (χ0n) is 8.07. The monoisotopic (exact) mass is 198 g/mol. The van der Waals surface area contributed by atoms with Crippen LogP contribution < -0.4 is 4.90 Å². The van der Waals surface area contributed by atoms with Crippen LogP contribution in [0.5, 0.6) is 0 Å². The Morgan fingerprint density at radius 2 is 2.23 bits per heavy atom. The van der Waals surface area contributed by atoms with Crippen molar-refractivity contribution in [2.24, 2.45) is 0 Å². The predicted octanol–water partition coefficient (Wildman–Crippen LogP) is 2.54.